The number of carbonyl (C=O) groups is 2. The molecule has 3 rings (SSSR count). The molecule has 0 saturated carbocycles. The average molecular weight is 409 g/mol. The van der Waals surface area contributed by atoms with Crippen molar-refractivity contribution in [2.45, 2.75) is 13.3 Å². The molecule has 1 aliphatic heterocycles. The molecule has 0 radical (unpaired) electrons. The Hall–Kier alpha value is -2.38. The number of nitrogens with zero attached hydrogens (tertiary/aromatic N) is 3. The van der Waals surface area contributed by atoms with Crippen LogP contribution in [0.25, 0.3) is 0 Å². The maximum absolute atomic E-state index is 12.6. The molecule has 1 unspecified atom stereocenters. The summed E-state index contributed by atoms with van der Waals surface area (Å²) in [5.74, 6) is 0.180. The molecule has 1 atom stereocenters. The van der Waals surface area contributed by atoms with E-state index in [2.05, 4.69) is 15.5 Å². The first-order valence-electron chi connectivity index (χ1n) is 8.31. The van der Waals surface area contributed by atoms with Gasteiger partial charge in [-0.3, -0.25) is 9.59 Å². The molecule has 1 aromatic heterocycles. The molecular formula is C18H18Cl2N4O3. The minimum atomic E-state index is -0.593. The lowest BCUT2D eigenvalue weighted by molar-refractivity contribution is -0.128. The number of hydrogen-bond donors (Lipinski definition) is 1. The standard InChI is InChI=1S/C18H18Cl2N4O3/c1-18(17(26)21-2)8-9-24(10-18)16(25)12-6-7-14(23-22-12)27-13-5-3-4-11(19)15(13)20/h3-7H,8-10H2,1-2H3,(H,21,26). The highest BCUT2D eigenvalue weighted by atomic mass is 35.5. The fourth-order valence-corrected chi connectivity index (χ4v) is 3.28. The van der Waals surface area contributed by atoms with E-state index in [1.54, 1.807) is 30.1 Å². The number of rotatable bonds is 4. The minimum absolute atomic E-state index is 0.0777. The van der Waals surface area contributed by atoms with Gasteiger partial charge in [-0.25, -0.2) is 0 Å². The molecule has 142 valence electrons. The first-order valence-corrected chi connectivity index (χ1v) is 9.07. The number of nitrogens with one attached hydrogen (secondary N) is 1. The Morgan fingerprint density at radius 1 is 1.22 bits per heavy atom. The number of aromatic nitrogens is 2. The highest BCUT2D eigenvalue weighted by Crippen LogP contribution is 2.34. The zero-order valence-electron chi connectivity index (χ0n) is 14.8. The smallest absolute Gasteiger partial charge is 0.274 e. The van der Waals surface area contributed by atoms with Gasteiger partial charge in [0.25, 0.3) is 5.91 Å². The largest absolute Gasteiger partial charge is 0.436 e. The van der Waals surface area contributed by atoms with E-state index < -0.39 is 5.41 Å². The van der Waals surface area contributed by atoms with Gasteiger partial charge in [-0.1, -0.05) is 29.3 Å². The van der Waals surface area contributed by atoms with Crippen LogP contribution in [0.2, 0.25) is 10.0 Å². The van der Waals surface area contributed by atoms with Crippen molar-refractivity contribution in [2.75, 3.05) is 20.1 Å². The van der Waals surface area contributed by atoms with Gasteiger partial charge in [0.1, 0.15) is 10.8 Å². The number of ether oxygens (including phenoxy) is 1. The van der Waals surface area contributed by atoms with Crippen LogP contribution in [0, 0.1) is 5.41 Å². The molecule has 1 saturated heterocycles. The van der Waals surface area contributed by atoms with Crippen molar-refractivity contribution in [3.63, 3.8) is 0 Å². The summed E-state index contributed by atoms with van der Waals surface area (Å²) in [5.41, 5.74) is -0.412. The van der Waals surface area contributed by atoms with Gasteiger partial charge in [-0.05, 0) is 31.5 Å². The van der Waals surface area contributed by atoms with E-state index in [9.17, 15) is 9.59 Å². The van der Waals surface area contributed by atoms with E-state index in [0.29, 0.717) is 30.3 Å². The fraction of sp³-hybridized carbons (Fsp3) is 0.333. The maximum Gasteiger partial charge on any atom is 0.274 e. The van der Waals surface area contributed by atoms with Crippen molar-refractivity contribution in [1.82, 2.24) is 20.4 Å². The van der Waals surface area contributed by atoms with Crippen molar-refractivity contribution < 1.29 is 14.3 Å². The number of amides is 2. The van der Waals surface area contributed by atoms with Gasteiger partial charge in [0, 0.05) is 26.2 Å². The summed E-state index contributed by atoms with van der Waals surface area (Å²) in [5, 5.41) is 11.1. The van der Waals surface area contributed by atoms with E-state index in [4.69, 9.17) is 27.9 Å². The number of hydrogen-bond acceptors (Lipinski definition) is 5. The molecule has 1 N–H and O–H groups in total. The van der Waals surface area contributed by atoms with Gasteiger partial charge in [-0.2, -0.15) is 0 Å². The predicted octanol–water partition coefficient (Wildman–Crippen LogP) is 3.17. The fourth-order valence-electron chi connectivity index (χ4n) is 2.95. The number of halogens is 2. The van der Waals surface area contributed by atoms with Crippen LogP contribution in [0.1, 0.15) is 23.8 Å². The zero-order valence-corrected chi connectivity index (χ0v) is 16.3. The lowest BCUT2D eigenvalue weighted by Gasteiger charge is -2.22. The molecule has 0 spiro atoms. The molecule has 1 fully saturated rings. The Balaban J connectivity index is 1.69. The van der Waals surface area contributed by atoms with E-state index >= 15 is 0 Å². The maximum atomic E-state index is 12.6. The highest BCUT2D eigenvalue weighted by molar-refractivity contribution is 6.42. The second kappa shape index (κ2) is 7.70. The van der Waals surface area contributed by atoms with E-state index in [1.807, 2.05) is 6.92 Å². The van der Waals surface area contributed by atoms with Gasteiger partial charge in [-0.15, -0.1) is 10.2 Å². The summed E-state index contributed by atoms with van der Waals surface area (Å²) < 4.78 is 5.56. The predicted molar refractivity (Wildman–Crippen MR) is 101 cm³/mol. The van der Waals surface area contributed by atoms with E-state index in [0.717, 1.165) is 0 Å². The molecule has 9 heteroatoms. The third kappa shape index (κ3) is 3.99. The molecular weight excluding hydrogens is 391 g/mol. The second-order valence-electron chi connectivity index (χ2n) is 6.53. The molecule has 2 amide bonds. The van der Waals surface area contributed by atoms with Crippen LogP contribution in [0.4, 0.5) is 0 Å². The van der Waals surface area contributed by atoms with Gasteiger partial charge in [0.15, 0.2) is 5.69 Å². The van der Waals surface area contributed by atoms with Crippen molar-refractivity contribution >= 4 is 35.0 Å². The average Bonchev–Trinajstić information content (AvgIpc) is 3.08. The second-order valence-corrected chi connectivity index (χ2v) is 7.31. The van der Waals surface area contributed by atoms with Crippen molar-refractivity contribution in [3.05, 3.63) is 46.1 Å². The van der Waals surface area contributed by atoms with Crippen LogP contribution in [0.3, 0.4) is 0 Å². The van der Waals surface area contributed by atoms with Gasteiger partial charge >= 0.3 is 0 Å². The monoisotopic (exact) mass is 408 g/mol. The summed E-state index contributed by atoms with van der Waals surface area (Å²) in [6, 6.07) is 8.06. The van der Waals surface area contributed by atoms with Crippen LogP contribution in [-0.2, 0) is 4.79 Å². The zero-order chi connectivity index (χ0) is 19.6. The molecule has 7 nitrogen and oxygen atoms in total. The van der Waals surface area contributed by atoms with Gasteiger partial charge in [0.2, 0.25) is 11.8 Å². The summed E-state index contributed by atoms with van der Waals surface area (Å²) >= 11 is 12.0. The summed E-state index contributed by atoms with van der Waals surface area (Å²) in [6.45, 7) is 2.67. The third-order valence-corrected chi connectivity index (χ3v) is 5.33. The Labute approximate surface area is 166 Å². The number of likely N-dealkylation sites (tertiary alicyclic amines) is 1. The Bertz CT molecular complexity index is 875. The van der Waals surface area contributed by atoms with Crippen LogP contribution < -0.4 is 10.1 Å². The number of carbonyl (C=O) groups excluding carboxylic acids is 2. The third-order valence-electron chi connectivity index (χ3n) is 4.53. The number of benzene rings is 1. The minimum Gasteiger partial charge on any atom is -0.436 e. The molecule has 27 heavy (non-hydrogen) atoms. The van der Waals surface area contributed by atoms with Gasteiger partial charge < -0.3 is 15.0 Å². The molecule has 2 aromatic rings. The molecule has 0 aliphatic carbocycles. The summed E-state index contributed by atoms with van der Waals surface area (Å²) in [7, 11) is 1.59. The normalized spacial score (nSPS) is 19.0. The van der Waals surface area contributed by atoms with Crippen molar-refractivity contribution in [2.24, 2.45) is 5.41 Å². The lowest BCUT2D eigenvalue weighted by atomic mass is 9.89. The first kappa shape index (κ1) is 19.4. The van der Waals surface area contributed by atoms with Crippen LogP contribution >= 0.6 is 23.2 Å². The summed E-state index contributed by atoms with van der Waals surface area (Å²) in [4.78, 5) is 26.2. The van der Waals surface area contributed by atoms with Crippen LogP contribution in [-0.4, -0.2) is 47.0 Å². The van der Waals surface area contributed by atoms with Crippen molar-refractivity contribution in [3.8, 4) is 11.6 Å². The van der Waals surface area contributed by atoms with Gasteiger partial charge in [0.05, 0.1) is 10.4 Å². The lowest BCUT2D eigenvalue weighted by Crippen LogP contribution is -2.40. The Kier molecular flexibility index (Phi) is 5.53. The summed E-state index contributed by atoms with van der Waals surface area (Å²) in [6.07, 6.45) is 0.598. The quantitative estimate of drug-likeness (QED) is 0.839. The topological polar surface area (TPSA) is 84.4 Å². The molecule has 0 bridgehead atoms. The first-order chi connectivity index (χ1) is 12.8. The van der Waals surface area contributed by atoms with Crippen LogP contribution in [0.15, 0.2) is 30.3 Å². The highest BCUT2D eigenvalue weighted by Gasteiger charge is 2.41. The van der Waals surface area contributed by atoms with Crippen LogP contribution in [0.5, 0.6) is 11.6 Å². The SMILES string of the molecule is CNC(=O)C1(C)CCN(C(=O)c2ccc(Oc3cccc(Cl)c3Cl)nn2)C1. The molecule has 1 aromatic carbocycles. The molecule has 1 aliphatic rings. The van der Waals surface area contributed by atoms with E-state index in [-0.39, 0.29) is 28.4 Å². The molecule has 2 heterocycles. The van der Waals surface area contributed by atoms with Crippen molar-refractivity contribution in [1.29, 1.82) is 0 Å². The Morgan fingerprint density at radius 3 is 2.67 bits per heavy atom. The Morgan fingerprint density at radius 2 is 2.00 bits per heavy atom. The van der Waals surface area contributed by atoms with E-state index in [1.165, 1.54) is 12.1 Å².